The van der Waals surface area contributed by atoms with Gasteiger partial charge in [-0.25, -0.2) is 4.31 Å². The Morgan fingerprint density at radius 2 is 1.52 bits per heavy atom. The van der Waals surface area contributed by atoms with E-state index in [0.717, 1.165) is 25.3 Å². The largest absolute Gasteiger partial charge is 0.350 e. The minimum absolute atomic E-state index is 0.0771. The summed E-state index contributed by atoms with van der Waals surface area (Å²) < 4.78 is 29.4. The van der Waals surface area contributed by atoms with E-state index in [1.807, 2.05) is 70.2 Å². The molecule has 0 aliphatic heterocycles. The van der Waals surface area contributed by atoms with E-state index >= 15 is 0 Å². The molecule has 0 radical (unpaired) electrons. The Balaban J connectivity index is 2.14. The first kappa shape index (κ1) is 33.1. The van der Waals surface area contributed by atoms with Crippen molar-refractivity contribution >= 4 is 39.3 Å². The van der Waals surface area contributed by atoms with Crippen molar-refractivity contribution in [2.75, 3.05) is 24.9 Å². The van der Waals surface area contributed by atoms with Crippen LogP contribution in [-0.2, 0) is 32.8 Å². The Labute approximate surface area is 255 Å². The predicted octanol–water partition coefficient (Wildman–Crippen LogP) is 5.12. The second-order valence-electron chi connectivity index (χ2n) is 11.7. The first-order valence-corrected chi connectivity index (χ1v) is 15.5. The van der Waals surface area contributed by atoms with Gasteiger partial charge >= 0.3 is 10.2 Å². The van der Waals surface area contributed by atoms with E-state index in [2.05, 4.69) is 5.32 Å². The lowest BCUT2D eigenvalue weighted by molar-refractivity contribution is -0.140. The van der Waals surface area contributed by atoms with Crippen LogP contribution in [0, 0.1) is 13.8 Å². The average Bonchev–Trinajstić information content (AvgIpc) is 2.91. The fraction of sp³-hybridized carbons (Fsp3) is 0.375. The van der Waals surface area contributed by atoms with Gasteiger partial charge in [-0.2, -0.15) is 12.7 Å². The van der Waals surface area contributed by atoms with Gasteiger partial charge in [-0.05, 0) is 75.1 Å². The minimum Gasteiger partial charge on any atom is -0.350 e. The van der Waals surface area contributed by atoms with E-state index in [1.165, 1.54) is 19.0 Å². The van der Waals surface area contributed by atoms with Crippen LogP contribution in [-0.4, -0.2) is 61.7 Å². The van der Waals surface area contributed by atoms with Crippen molar-refractivity contribution in [2.24, 2.45) is 0 Å². The highest BCUT2D eigenvalue weighted by Gasteiger charge is 2.36. The standard InChI is InChI=1S/C32H41ClN4O4S/c1-23-13-14-24(2)28(19-23)37(42(40,41)35(6)7)22-30(38)36(21-26-15-17-27(33)18-16-26)29(31(39)34-32(3,4)5)20-25-11-9-8-10-12-25/h8-19,29H,20-22H2,1-7H3,(H,34,39). The second-order valence-corrected chi connectivity index (χ2v) is 14.2. The summed E-state index contributed by atoms with van der Waals surface area (Å²) in [5.41, 5.74) is 3.03. The van der Waals surface area contributed by atoms with E-state index in [1.54, 1.807) is 37.3 Å². The van der Waals surface area contributed by atoms with Crippen molar-refractivity contribution in [1.29, 1.82) is 0 Å². The number of nitrogens with one attached hydrogen (secondary N) is 1. The van der Waals surface area contributed by atoms with Gasteiger partial charge in [-0.3, -0.25) is 9.59 Å². The number of halogens is 1. The number of carbonyl (C=O) groups excluding carboxylic acids is 2. The summed E-state index contributed by atoms with van der Waals surface area (Å²) in [6.45, 7) is 8.88. The molecular weight excluding hydrogens is 572 g/mol. The Morgan fingerprint density at radius 3 is 2.10 bits per heavy atom. The Morgan fingerprint density at radius 1 is 0.905 bits per heavy atom. The molecule has 3 rings (SSSR count). The summed E-state index contributed by atoms with van der Waals surface area (Å²) in [4.78, 5) is 29.7. The number of nitrogens with zero attached hydrogens (tertiary/aromatic N) is 3. The highest BCUT2D eigenvalue weighted by molar-refractivity contribution is 7.90. The third-order valence-electron chi connectivity index (χ3n) is 6.69. The molecule has 0 heterocycles. The van der Waals surface area contributed by atoms with Crippen molar-refractivity contribution in [3.8, 4) is 0 Å². The monoisotopic (exact) mass is 612 g/mol. The summed E-state index contributed by atoms with van der Waals surface area (Å²) in [7, 11) is -1.21. The topological polar surface area (TPSA) is 90.0 Å². The first-order chi connectivity index (χ1) is 19.6. The molecule has 0 fully saturated rings. The summed E-state index contributed by atoms with van der Waals surface area (Å²) >= 11 is 6.13. The molecule has 1 N–H and O–H groups in total. The number of rotatable bonds is 11. The molecule has 0 saturated carbocycles. The molecule has 8 nitrogen and oxygen atoms in total. The molecule has 3 aromatic carbocycles. The van der Waals surface area contributed by atoms with Gasteiger partial charge in [-0.15, -0.1) is 0 Å². The number of benzene rings is 3. The van der Waals surface area contributed by atoms with Crippen molar-refractivity contribution < 1.29 is 18.0 Å². The number of anilines is 1. The van der Waals surface area contributed by atoms with Crippen LogP contribution in [0.1, 0.15) is 43.0 Å². The lowest BCUT2D eigenvalue weighted by Crippen LogP contribution is -2.56. The zero-order valence-electron chi connectivity index (χ0n) is 25.4. The van der Waals surface area contributed by atoms with Crippen LogP contribution in [0.4, 0.5) is 5.69 Å². The fourth-order valence-electron chi connectivity index (χ4n) is 4.48. The average molecular weight is 613 g/mol. The maximum Gasteiger partial charge on any atom is 0.304 e. The quantitative estimate of drug-likeness (QED) is 0.325. The van der Waals surface area contributed by atoms with E-state index < -0.39 is 34.2 Å². The van der Waals surface area contributed by atoms with Gasteiger partial charge in [-0.1, -0.05) is 66.2 Å². The van der Waals surface area contributed by atoms with Gasteiger partial charge in [0.1, 0.15) is 12.6 Å². The van der Waals surface area contributed by atoms with Gasteiger partial charge in [0, 0.05) is 37.6 Å². The van der Waals surface area contributed by atoms with Crippen molar-refractivity contribution in [3.63, 3.8) is 0 Å². The Hall–Kier alpha value is -3.40. The number of carbonyl (C=O) groups is 2. The molecule has 0 aliphatic rings. The molecule has 10 heteroatoms. The van der Waals surface area contributed by atoms with Gasteiger partial charge in [0.25, 0.3) is 0 Å². The van der Waals surface area contributed by atoms with E-state index in [0.29, 0.717) is 16.3 Å². The van der Waals surface area contributed by atoms with Gasteiger partial charge in [0.15, 0.2) is 0 Å². The smallest absolute Gasteiger partial charge is 0.304 e. The number of aryl methyl sites for hydroxylation is 2. The van der Waals surface area contributed by atoms with Crippen LogP contribution in [0.2, 0.25) is 5.02 Å². The molecule has 2 amide bonds. The minimum atomic E-state index is -4.07. The van der Waals surface area contributed by atoms with Crippen molar-refractivity contribution in [1.82, 2.24) is 14.5 Å². The highest BCUT2D eigenvalue weighted by atomic mass is 35.5. The van der Waals surface area contributed by atoms with Crippen LogP contribution in [0.25, 0.3) is 0 Å². The molecular formula is C32H41ClN4O4S. The van der Waals surface area contributed by atoms with Crippen LogP contribution in [0.5, 0.6) is 0 Å². The zero-order valence-corrected chi connectivity index (χ0v) is 27.0. The van der Waals surface area contributed by atoms with Crippen LogP contribution in [0.3, 0.4) is 0 Å². The Kier molecular flexibility index (Phi) is 10.8. The number of amides is 2. The molecule has 226 valence electrons. The molecule has 0 aromatic heterocycles. The van der Waals surface area contributed by atoms with Crippen LogP contribution < -0.4 is 9.62 Å². The Bertz CT molecular complexity index is 1490. The molecule has 1 atom stereocenters. The summed E-state index contributed by atoms with van der Waals surface area (Å²) in [6.07, 6.45) is 0.242. The second kappa shape index (κ2) is 13.7. The highest BCUT2D eigenvalue weighted by Crippen LogP contribution is 2.26. The maximum absolute atomic E-state index is 14.4. The van der Waals surface area contributed by atoms with Gasteiger partial charge in [0.05, 0.1) is 5.69 Å². The lowest BCUT2D eigenvalue weighted by Gasteiger charge is -2.36. The number of hydrogen-bond acceptors (Lipinski definition) is 4. The summed E-state index contributed by atoms with van der Waals surface area (Å²) in [5, 5.41) is 3.57. The lowest BCUT2D eigenvalue weighted by atomic mass is 10.0. The molecule has 0 bridgehead atoms. The SMILES string of the molecule is Cc1ccc(C)c(N(CC(=O)N(Cc2ccc(Cl)cc2)C(Cc2ccccc2)C(=O)NC(C)(C)C)S(=O)(=O)N(C)C)c1. The molecule has 1 unspecified atom stereocenters. The van der Waals surface area contributed by atoms with Crippen molar-refractivity contribution in [2.45, 2.75) is 59.2 Å². The van der Waals surface area contributed by atoms with Gasteiger partial charge in [0.2, 0.25) is 11.8 Å². The maximum atomic E-state index is 14.4. The van der Waals surface area contributed by atoms with E-state index in [-0.39, 0.29) is 18.9 Å². The third kappa shape index (κ3) is 8.80. The van der Waals surface area contributed by atoms with E-state index in [9.17, 15) is 18.0 Å². The fourth-order valence-corrected chi connectivity index (χ4v) is 5.72. The predicted molar refractivity (Wildman–Crippen MR) is 170 cm³/mol. The van der Waals surface area contributed by atoms with Crippen LogP contribution >= 0.6 is 11.6 Å². The number of hydrogen-bond donors (Lipinski definition) is 1. The normalized spacial score (nSPS) is 12.6. The zero-order chi connectivity index (χ0) is 31.2. The molecule has 42 heavy (non-hydrogen) atoms. The summed E-state index contributed by atoms with van der Waals surface area (Å²) in [5.74, 6) is -0.844. The molecule has 0 saturated heterocycles. The van der Waals surface area contributed by atoms with Crippen LogP contribution in [0.15, 0.2) is 72.8 Å². The summed E-state index contributed by atoms with van der Waals surface area (Å²) in [6, 6.07) is 21.0. The van der Waals surface area contributed by atoms with E-state index in [4.69, 9.17) is 11.6 Å². The molecule has 0 spiro atoms. The molecule has 0 aliphatic carbocycles. The molecule has 3 aromatic rings. The third-order valence-corrected chi connectivity index (χ3v) is 8.75. The van der Waals surface area contributed by atoms with Gasteiger partial charge < -0.3 is 10.2 Å². The first-order valence-electron chi connectivity index (χ1n) is 13.8. The van der Waals surface area contributed by atoms with Crippen molar-refractivity contribution in [3.05, 3.63) is 100 Å².